The summed E-state index contributed by atoms with van der Waals surface area (Å²) >= 11 is 6.15. The van der Waals surface area contributed by atoms with Crippen molar-refractivity contribution in [2.24, 2.45) is 0 Å². The molecule has 1 atom stereocenters. The zero-order chi connectivity index (χ0) is 18.1. The van der Waals surface area contributed by atoms with Crippen LogP contribution in [0.1, 0.15) is 24.2 Å². The molecule has 3 heterocycles. The van der Waals surface area contributed by atoms with Crippen LogP contribution in [0.3, 0.4) is 0 Å². The van der Waals surface area contributed by atoms with Crippen molar-refractivity contribution in [1.82, 2.24) is 14.9 Å². The summed E-state index contributed by atoms with van der Waals surface area (Å²) in [6, 6.07) is 16.5. The Morgan fingerprint density at radius 2 is 1.88 bits per heavy atom. The van der Waals surface area contributed by atoms with Gasteiger partial charge in [0, 0.05) is 23.0 Å². The van der Waals surface area contributed by atoms with Crippen molar-refractivity contribution in [1.29, 1.82) is 0 Å². The summed E-state index contributed by atoms with van der Waals surface area (Å²) in [6.07, 6.45) is 3.44. The molecule has 130 valence electrons. The first kappa shape index (κ1) is 16.5. The fraction of sp³-hybridized carbons (Fsp3) is 0.150. The highest BCUT2D eigenvalue weighted by Crippen LogP contribution is 2.37. The highest BCUT2D eigenvalue weighted by atomic mass is 35.5. The van der Waals surface area contributed by atoms with Gasteiger partial charge in [-0.3, -0.25) is 4.98 Å². The first-order chi connectivity index (χ1) is 12.6. The third-order valence-electron chi connectivity index (χ3n) is 4.51. The van der Waals surface area contributed by atoms with E-state index in [-0.39, 0.29) is 12.1 Å². The molecule has 5 nitrogen and oxygen atoms in total. The maximum Gasteiger partial charge on any atom is 0.331 e. The largest absolute Gasteiger partial charge is 0.331 e. The number of carbonyl (C=O) groups is 1. The number of carbonyl (C=O) groups excluding carboxylic acids is 1. The van der Waals surface area contributed by atoms with E-state index < -0.39 is 0 Å². The normalized spacial score (nSPS) is 14.9. The van der Waals surface area contributed by atoms with E-state index in [4.69, 9.17) is 11.6 Å². The first-order valence-corrected chi connectivity index (χ1v) is 8.74. The number of fused-ring (bicyclic) bond motifs is 1. The zero-order valence-electron chi connectivity index (χ0n) is 14.2. The van der Waals surface area contributed by atoms with Crippen LogP contribution in [0, 0.1) is 0 Å². The molecule has 0 aliphatic carbocycles. The van der Waals surface area contributed by atoms with E-state index in [0.717, 1.165) is 11.3 Å². The Kier molecular flexibility index (Phi) is 4.31. The number of amides is 2. The standard InChI is InChI=1S/C20H17ClN4O/c1-14(18-9-2-3-10-22-18)24-13-15-6-5-11-23-19(15)25(20(24)26)17-8-4-7-16(21)12-17/h2-12,14H,13H2,1H3. The van der Waals surface area contributed by atoms with Gasteiger partial charge in [-0.25, -0.2) is 14.7 Å². The van der Waals surface area contributed by atoms with Crippen LogP contribution in [0.2, 0.25) is 5.02 Å². The molecule has 0 spiro atoms. The van der Waals surface area contributed by atoms with E-state index in [1.54, 1.807) is 34.3 Å². The molecule has 1 aromatic carbocycles. The van der Waals surface area contributed by atoms with Gasteiger partial charge in [0.15, 0.2) is 0 Å². The molecule has 4 rings (SSSR count). The number of nitrogens with zero attached hydrogens (tertiary/aromatic N) is 4. The Labute approximate surface area is 156 Å². The summed E-state index contributed by atoms with van der Waals surface area (Å²) < 4.78 is 0. The summed E-state index contributed by atoms with van der Waals surface area (Å²) in [7, 11) is 0. The molecule has 1 aliphatic heterocycles. The molecule has 2 amide bonds. The summed E-state index contributed by atoms with van der Waals surface area (Å²) in [5, 5.41) is 0.572. The average molecular weight is 365 g/mol. The highest BCUT2D eigenvalue weighted by molar-refractivity contribution is 6.31. The van der Waals surface area contributed by atoms with E-state index in [1.807, 2.05) is 49.4 Å². The van der Waals surface area contributed by atoms with E-state index in [0.29, 0.717) is 23.1 Å². The molecule has 26 heavy (non-hydrogen) atoms. The summed E-state index contributed by atoms with van der Waals surface area (Å²) in [4.78, 5) is 25.6. The SMILES string of the molecule is CC(c1ccccn1)N1Cc2cccnc2N(c2cccc(Cl)c2)C1=O. The van der Waals surface area contributed by atoms with E-state index >= 15 is 0 Å². The van der Waals surface area contributed by atoms with Gasteiger partial charge in [-0.15, -0.1) is 0 Å². The Balaban J connectivity index is 1.79. The van der Waals surface area contributed by atoms with Crippen molar-refractivity contribution in [2.75, 3.05) is 4.90 Å². The predicted molar refractivity (Wildman–Crippen MR) is 101 cm³/mol. The van der Waals surface area contributed by atoms with Crippen molar-refractivity contribution in [2.45, 2.75) is 19.5 Å². The summed E-state index contributed by atoms with van der Waals surface area (Å²) in [5.74, 6) is 0.643. The van der Waals surface area contributed by atoms with Crippen molar-refractivity contribution >= 4 is 29.1 Å². The molecule has 6 heteroatoms. The lowest BCUT2D eigenvalue weighted by Gasteiger charge is -2.39. The van der Waals surface area contributed by atoms with Gasteiger partial charge in [-0.2, -0.15) is 0 Å². The lowest BCUT2D eigenvalue weighted by molar-refractivity contribution is 0.179. The van der Waals surface area contributed by atoms with Crippen LogP contribution in [0.4, 0.5) is 16.3 Å². The van der Waals surface area contributed by atoms with Crippen molar-refractivity contribution in [3.8, 4) is 0 Å². The monoisotopic (exact) mass is 364 g/mol. The molecule has 1 aliphatic rings. The van der Waals surface area contributed by atoms with Gasteiger partial charge in [0.2, 0.25) is 0 Å². The molecule has 2 aromatic heterocycles. The van der Waals surface area contributed by atoms with Crippen LogP contribution in [0.15, 0.2) is 67.0 Å². The second-order valence-corrected chi connectivity index (χ2v) is 6.58. The Bertz CT molecular complexity index is 947. The molecule has 1 unspecified atom stereocenters. The molecule has 0 N–H and O–H groups in total. The molecule has 0 bridgehead atoms. The summed E-state index contributed by atoms with van der Waals surface area (Å²) in [6.45, 7) is 2.47. The maximum atomic E-state index is 13.4. The summed E-state index contributed by atoms with van der Waals surface area (Å²) in [5.41, 5.74) is 2.52. The van der Waals surface area contributed by atoms with Crippen LogP contribution < -0.4 is 4.90 Å². The van der Waals surface area contributed by atoms with E-state index in [2.05, 4.69) is 9.97 Å². The second-order valence-electron chi connectivity index (χ2n) is 6.14. The zero-order valence-corrected chi connectivity index (χ0v) is 15.0. The molecular weight excluding hydrogens is 348 g/mol. The molecule has 3 aromatic rings. The van der Waals surface area contributed by atoms with Crippen LogP contribution >= 0.6 is 11.6 Å². The van der Waals surface area contributed by atoms with E-state index in [1.165, 1.54) is 0 Å². The number of urea groups is 1. The van der Waals surface area contributed by atoms with Crippen LogP contribution in [0.25, 0.3) is 0 Å². The predicted octanol–water partition coefficient (Wildman–Crippen LogP) is 4.96. The number of hydrogen-bond acceptors (Lipinski definition) is 3. The van der Waals surface area contributed by atoms with Gasteiger partial charge < -0.3 is 4.90 Å². The topological polar surface area (TPSA) is 49.3 Å². The minimum atomic E-state index is -0.168. The second kappa shape index (κ2) is 6.77. The Hall–Kier alpha value is -2.92. The van der Waals surface area contributed by atoms with Crippen molar-refractivity contribution < 1.29 is 4.79 Å². The molecule has 0 radical (unpaired) electrons. The van der Waals surface area contributed by atoms with Crippen molar-refractivity contribution in [3.05, 3.63) is 83.3 Å². The molecular formula is C20H17ClN4O. The lowest BCUT2D eigenvalue weighted by Crippen LogP contribution is -2.46. The minimum absolute atomic E-state index is 0.142. The van der Waals surface area contributed by atoms with Crippen molar-refractivity contribution in [3.63, 3.8) is 0 Å². The Morgan fingerprint density at radius 1 is 1.04 bits per heavy atom. The van der Waals surface area contributed by atoms with Gasteiger partial charge in [-0.05, 0) is 43.3 Å². The fourth-order valence-electron chi connectivity index (χ4n) is 3.16. The molecule has 0 saturated heterocycles. The highest BCUT2D eigenvalue weighted by Gasteiger charge is 2.35. The average Bonchev–Trinajstić information content (AvgIpc) is 2.67. The number of pyridine rings is 2. The van der Waals surface area contributed by atoms with Crippen LogP contribution in [-0.4, -0.2) is 20.9 Å². The number of halogens is 1. The molecule has 0 fully saturated rings. The smallest absolute Gasteiger partial charge is 0.311 e. The van der Waals surface area contributed by atoms with Crippen LogP contribution in [0.5, 0.6) is 0 Å². The quantitative estimate of drug-likeness (QED) is 0.659. The van der Waals surface area contributed by atoms with Gasteiger partial charge in [-0.1, -0.05) is 29.8 Å². The number of rotatable bonds is 3. The van der Waals surface area contributed by atoms with Crippen LogP contribution in [-0.2, 0) is 6.54 Å². The first-order valence-electron chi connectivity index (χ1n) is 8.36. The van der Waals surface area contributed by atoms with Gasteiger partial charge >= 0.3 is 6.03 Å². The van der Waals surface area contributed by atoms with Gasteiger partial charge in [0.1, 0.15) is 5.82 Å². The third kappa shape index (κ3) is 2.91. The molecule has 0 saturated carbocycles. The number of benzene rings is 1. The third-order valence-corrected chi connectivity index (χ3v) is 4.74. The van der Waals surface area contributed by atoms with Gasteiger partial charge in [0.05, 0.1) is 24.0 Å². The van der Waals surface area contributed by atoms with E-state index in [9.17, 15) is 4.79 Å². The number of aromatic nitrogens is 2. The van der Waals surface area contributed by atoms with Gasteiger partial charge in [0.25, 0.3) is 0 Å². The Morgan fingerprint density at radius 3 is 2.65 bits per heavy atom. The number of anilines is 2. The maximum absolute atomic E-state index is 13.4. The minimum Gasteiger partial charge on any atom is -0.311 e. The fourth-order valence-corrected chi connectivity index (χ4v) is 3.34. The lowest BCUT2D eigenvalue weighted by atomic mass is 10.1. The number of hydrogen-bond donors (Lipinski definition) is 0.